The van der Waals surface area contributed by atoms with Crippen LogP contribution in [0.2, 0.25) is 0 Å². The summed E-state index contributed by atoms with van der Waals surface area (Å²) in [4.78, 5) is 30.7. The van der Waals surface area contributed by atoms with Crippen LogP contribution in [0.5, 0.6) is 0 Å². The number of benzene rings is 2. The van der Waals surface area contributed by atoms with Gasteiger partial charge in [-0.15, -0.1) is 0 Å². The predicted molar refractivity (Wildman–Crippen MR) is 159 cm³/mol. The lowest BCUT2D eigenvalue weighted by atomic mass is 9.80. The molecule has 1 unspecified atom stereocenters. The maximum absolute atomic E-state index is 12.7. The van der Waals surface area contributed by atoms with Crippen molar-refractivity contribution in [2.45, 2.75) is 45.6 Å². The van der Waals surface area contributed by atoms with Crippen LogP contribution in [-0.2, 0) is 29.6 Å². The molecule has 0 spiro atoms. The normalized spacial score (nSPS) is 16.0. The van der Waals surface area contributed by atoms with Crippen molar-refractivity contribution in [2.75, 3.05) is 36.0 Å². The Morgan fingerprint density at radius 1 is 1.18 bits per heavy atom. The van der Waals surface area contributed by atoms with Crippen LogP contribution in [0, 0.1) is 6.57 Å². The highest BCUT2D eigenvalue weighted by molar-refractivity contribution is 7.91. The minimum atomic E-state index is -2.96. The van der Waals surface area contributed by atoms with Gasteiger partial charge in [-0.05, 0) is 48.7 Å². The Morgan fingerprint density at radius 2 is 1.82 bits per heavy atom. The molecule has 8 nitrogen and oxygen atoms in total. The average Bonchev–Trinajstić information content (AvgIpc) is 2.90. The van der Waals surface area contributed by atoms with E-state index in [9.17, 15) is 18.0 Å². The molecule has 1 aliphatic rings. The van der Waals surface area contributed by atoms with Gasteiger partial charge in [-0.25, -0.2) is 13.3 Å². The van der Waals surface area contributed by atoms with Crippen LogP contribution < -0.4 is 10.2 Å². The van der Waals surface area contributed by atoms with E-state index in [4.69, 9.17) is 11.3 Å². The van der Waals surface area contributed by atoms with E-state index in [1.54, 1.807) is 19.1 Å². The molecule has 212 valence electrons. The number of hydrogen-bond donors (Lipinski definition) is 1. The number of carbonyl (C=O) groups is 2. The van der Waals surface area contributed by atoms with Crippen molar-refractivity contribution in [1.29, 1.82) is 0 Å². The van der Waals surface area contributed by atoms with Gasteiger partial charge in [0.25, 0.3) is 5.70 Å². The molecule has 2 aromatic rings. The summed E-state index contributed by atoms with van der Waals surface area (Å²) in [6, 6.07) is 15.2. The number of esters is 1. The highest BCUT2D eigenvalue weighted by atomic mass is 32.2. The molecule has 1 saturated heterocycles. The van der Waals surface area contributed by atoms with Gasteiger partial charge in [0.1, 0.15) is 6.10 Å². The van der Waals surface area contributed by atoms with E-state index in [1.165, 1.54) is 6.08 Å². The second-order valence-corrected chi connectivity index (χ2v) is 13.1. The van der Waals surface area contributed by atoms with Crippen molar-refractivity contribution >= 4 is 39.1 Å². The molecule has 1 fully saturated rings. The van der Waals surface area contributed by atoms with Gasteiger partial charge in [-0.3, -0.25) is 9.59 Å². The smallest absolute Gasteiger partial charge is 0.306 e. The first kappa shape index (κ1) is 30.6. The molecule has 3 rings (SSSR count). The average molecular weight is 564 g/mol. The number of rotatable bonds is 10. The maximum atomic E-state index is 12.7. The molecule has 0 bridgehead atoms. The van der Waals surface area contributed by atoms with Crippen molar-refractivity contribution in [3.8, 4) is 0 Å². The topological polar surface area (TPSA) is 97.1 Å². The summed E-state index contributed by atoms with van der Waals surface area (Å²) >= 11 is 0. The van der Waals surface area contributed by atoms with Gasteiger partial charge < -0.3 is 15.0 Å². The Morgan fingerprint density at radius 3 is 2.42 bits per heavy atom. The first-order valence-corrected chi connectivity index (χ1v) is 15.0. The lowest BCUT2D eigenvalue weighted by molar-refractivity contribution is -0.149. The van der Waals surface area contributed by atoms with Gasteiger partial charge in [-0.2, -0.15) is 0 Å². The van der Waals surface area contributed by atoms with Crippen LogP contribution in [-0.4, -0.2) is 57.5 Å². The SMILES string of the molecule is [C-]#[N+]/C(=C\c1ccc(N2CCS(=O)(=O)CC2)cc1)C(=O)NCC(C)OC(=O)CC(C)(C)c1cccc(C(=C)C)c1. The van der Waals surface area contributed by atoms with Gasteiger partial charge in [0.15, 0.2) is 9.84 Å². The standard InChI is InChI=1S/C31H37N3O5S/c1-22(2)25-8-7-9-26(19-25)31(4,5)20-29(35)39-23(3)21-33-30(36)28(32-6)18-24-10-12-27(13-11-24)34-14-16-40(37,38)17-15-34/h7-13,18-19,23H,1,14-17,20-21H2,2-5H3,(H,33,36)/b28-18-. The number of nitrogens with zero attached hydrogens (tertiary/aromatic N) is 2. The van der Waals surface area contributed by atoms with Crippen molar-refractivity contribution in [2.24, 2.45) is 0 Å². The van der Waals surface area contributed by atoms with Crippen LogP contribution in [0.4, 0.5) is 5.69 Å². The molecule has 1 N–H and O–H groups in total. The lowest BCUT2D eigenvalue weighted by Gasteiger charge is -2.28. The molecule has 2 aromatic carbocycles. The van der Waals surface area contributed by atoms with Gasteiger partial charge >= 0.3 is 5.97 Å². The van der Waals surface area contributed by atoms with Crippen LogP contribution >= 0.6 is 0 Å². The highest BCUT2D eigenvalue weighted by Crippen LogP contribution is 2.29. The van der Waals surface area contributed by atoms with Crippen molar-refractivity contribution in [3.63, 3.8) is 0 Å². The second-order valence-electron chi connectivity index (χ2n) is 10.8. The second kappa shape index (κ2) is 13.0. The largest absolute Gasteiger partial charge is 0.461 e. The van der Waals surface area contributed by atoms with Crippen molar-refractivity contribution in [3.05, 3.63) is 88.9 Å². The monoisotopic (exact) mass is 563 g/mol. The van der Waals surface area contributed by atoms with E-state index in [2.05, 4.69) is 16.7 Å². The van der Waals surface area contributed by atoms with E-state index >= 15 is 0 Å². The molecule has 1 aliphatic heterocycles. The summed E-state index contributed by atoms with van der Waals surface area (Å²) < 4.78 is 28.9. The van der Waals surface area contributed by atoms with E-state index in [0.29, 0.717) is 18.7 Å². The molecule has 1 amide bonds. The number of nitrogens with one attached hydrogen (secondary N) is 1. The van der Waals surface area contributed by atoms with Gasteiger partial charge in [0.05, 0.1) is 31.0 Å². The third-order valence-corrected chi connectivity index (χ3v) is 8.47. The first-order chi connectivity index (χ1) is 18.8. The fourth-order valence-electron chi connectivity index (χ4n) is 4.36. The molecule has 0 aliphatic carbocycles. The first-order valence-electron chi connectivity index (χ1n) is 13.2. The summed E-state index contributed by atoms with van der Waals surface area (Å²) in [5.74, 6) is -0.670. The summed E-state index contributed by atoms with van der Waals surface area (Å²) in [7, 11) is -2.96. The predicted octanol–water partition coefficient (Wildman–Crippen LogP) is 4.63. The fraction of sp³-hybridized carbons (Fsp3) is 0.387. The number of sulfone groups is 1. The number of allylic oxidation sites excluding steroid dienone is 1. The molecule has 0 saturated carbocycles. The zero-order valence-electron chi connectivity index (χ0n) is 23.6. The van der Waals surface area contributed by atoms with E-state index in [0.717, 1.165) is 22.4 Å². The molecule has 1 heterocycles. The van der Waals surface area contributed by atoms with Crippen molar-refractivity contribution in [1.82, 2.24) is 5.32 Å². The third kappa shape index (κ3) is 8.55. The highest BCUT2D eigenvalue weighted by Gasteiger charge is 2.27. The Kier molecular flexibility index (Phi) is 9.93. The number of hydrogen-bond acceptors (Lipinski definition) is 6. The quantitative estimate of drug-likeness (QED) is 0.257. The Balaban J connectivity index is 1.52. The summed E-state index contributed by atoms with van der Waals surface area (Å²) in [6.45, 7) is 20.0. The third-order valence-electron chi connectivity index (χ3n) is 6.86. The Labute approximate surface area is 237 Å². The van der Waals surface area contributed by atoms with Gasteiger partial charge in [0.2, 0.25) is 5.91 Å². The molecule has 1 atom stereocenters. The van der Waals surface area contributed by atoms with Crippen LogP contribution in [0.15, 0.2) is 60.8 Å². The molecule has 9 heteroatoms. The fourth-order valence-corrected chi connectivity index (χ4v) is 5.56. The van der Waals surface area contributed by atoms with Crippen LogP contribution in [0.1, 0.15) is 50.8 Å². The summed E-state index contributed by atoms with van der Waals surface area (Å²) in [5.41, 5.74) is 4.01. The number of anilines is 1. The number of carbonyl (C=O) groups excluding carboxylic acids is 2. The Hall–Kier alpha value is -3.90. The minimum absolute atomic E-state index is 0.0693. The number of ether oxygens (including phenoxy) is 1. The maximum Gasteiger partial charge on any atom is 0.306 e. The van der Waals surface area contributed by atoms with E-state index < -0.39 is 27.3 Å². The van der Waals surface area contributed by atoms with Gasteiger partial charge in [-0.1, -0.05) is 62.4 Å². The Bertz CT molecular complexity index is 1420. The van der Waals surface area contributed by atoms with Crippen molar-refractivity contribution < 1.29 is 22.7 Å². The van der Waals surface area contributed by atoms with Crippen LogP contribution in [0.3, 0.4) is 0 Å². The minimum Gasteiger partial charge on any atom is -0.461 e. The van der Waals surface area contributed by atoms with Gasteiger partial charge in [0, 0.05) is 24.2 Å². The molecule has 0 radical (unpaired) electrons. The summed E-state index contributed by atoms with van der Waals surface area (Å²) in [5, 5.41) is 2.67. The van der Waals surface area contributed by atoms with E-state index in [1.807, 2.05) is 62.1 Å². The zero-order valence-corrected chi connectivity index (χ0v) is 24.4. The molecule has 40 heavy (non-hydrogen) atoms. The summed E-state index contributed by atoms with van der Waals surface area (Å²) in [6.07, 6.45) is 1.08. The lowest BCUT2D eigenvalue weighted by Crippen LogP contribution is -2.40. The van der Waals surface area contributed by atoms with E-state index in [-0.39, 0.29) is 36.1 Å². The molecular weight excluding hydrogens is 526 g/mol. The number of amides is 1. The zero-order chi connectivity index (χ0) is 29.5. The van der Waals surface area contributed by atoms with Crippen LogP contribution in [0.25, 0.3) is 16.5 Å². The molecular formula is C31H37N3O5S. The molecule has 0 aromatic heterocycles.